The predicted octanol–water partition coefficient (Wildman–Crippen LogP) is 16.0. The summed E-state index contributed by atoms with van der Waals surface area (Å²) in [7, 11) is 0. The molecule has 0 unspecified atom stereocenters. The van der Waals surface area contributed by atoms with Crippen LogP contribution in [0.25, 0.3) is 116 Å². The average Bonchev–Trinajstić information content (AvgIpc) is 4.00. The van der Waals surface area contributed by atoms with E-state index in [0.717, 1.165) is 16.9 Å². The molecule has 0 aliphatic heterocycles. The topological polar surface area (TPSA) is 14.8 Å². The van der Waals surface area contributed by atoms with Gasteiger partial charge < -0.3 is 13.7 Å². The van der Waals surface area contributed by atoms with Crippen LogP contribution in [-0.4, -0.2) is 13.7 Å². The molecule has 13 rings (SSSR count). The molecule has 3 aromatic heterocycles. The second-order valence-corrected chi connectivity index (χ2v) is 16.4. The lowest BCUT2D eigenvalue weighted by Gasteiger charge is -2.19. The molecule has 0 saturated heterocycles. The van der Waals surface area contributed by atoms with Crippen molar-refractivity contribution in [3.05, 3.63) is 237 Å². The smallest absolute Gasteiger partial charge is 0.0641 e. The van der Waals surface area contributed by atoms with Crippen LogP contribution in [0.4, 0.5) is 0 Å². The highest BCUT2D eigenvalue weighted by Crippen LogP contribution is 2.45. The molecule has 0 aliphatic carbocycles. The summed E-state index contributed by atoms with van der Waals surface area (Å²) in [6, 6.07) is 86.4. The maximum absolute atomic E-state index is 2.51. The summed E-state index contributed by atoms with van der Waals surface area (Å²) >= 11 is 0. The lowest BCUT2D eigenvalue weighted by molar-refractivity contribution is 1.17. The van der Waals surface area contributed by atoms with Crippen LogP contribution in [-0.2, 0) is 0 Å². The van der Waals surface area contributed by atoms with Gasteiger partial charge in [0, 0.05) is 54.7 Å². The number of fused-ring (bicyclic) bond motifs is 10. The highest BCUT2D eigenvalue weighted by atomic mass is 15.0. The Morgan fingerprint density at radius 3 is 1.43 bits per heavy atom. The Bertz CT molecular complexity index is 3830. The standard InChI is InChI=1S/C60H39N3/c1-4-19-40(20-5-1)45-29-18-30-46(41-21-6-2-7-22-41)59(45)63-54-33-16-11-26-47(54)49-36-35-42(39-57(49)63)44-25-10-14-31-52(44)62-55-34-17-13-28-51(55)58-56(62)38-37-50-48-27-12-15-32-53(48)61(60(50)58)43-23-8-3-9-24-43/h1-39H. The number of rotatable bonds is 6. The number of para-hydroxylation sites is 6. The molecule has 3 heterocycles. The van der Waals surface area contributed by atoms with Crippen molar-refractivity contribution in [1.82, 2.24) is 13.7 Å². The first-order valence-electron chi connectivity index (χ1n) is 21.7. The van der Waals surface area contributed by atoms with Gasteiger partial charge in [-0.2, -0.15) is 0 Å². The summed E-state index contributed by atoms with van der Waals surface area (Å²) in [6.45, 7) is 0. The van der Waals surface area contributed by atoms with Gasteiger partial charge in [0.05, 0.1) is 44.5 Å². The average molecular weight is 802 g/mol. The molecular formula is C60H39N3. The molecule has 0 N–H and O–H groups in total. The molecule has 13 aromatic rings. The van der Waals surface area contributed by atoms with E-state index < -0.39 is 0 Å². The molecule has 0 aliphatic rings. The number of hydrogen-bond donors (Lipinski definition) is 0. The second kappa shape index (κ2) is 14.1. The van der Waals surface area contributed by atoms with Gasteiger partial charge in [0.1, 0.15) is 0 Å². The van der Waals surface area contributed by atoms with E-state index in [-0.39, 0.29) is 0 Å². The van der Waals surface area contributed by atoms with Gasteiger partial charge in [0.25, 0.3) is 0 Å². The van der Waals surface area contributed by atoms with E-state index >= 15 is 0 Å². The van der Waals surface area contributed by atoms with Gasteiger partial charge in [0.15, 0.2) is 0 Å². The van der Waals surface area contributed by atoms with Crippen molar-refractivity contribution in [1.29, 1.82) is 0 Å². The monoisotopic (exact) mass is 801 g/mol. The molecular weight excluding hydrogens is 763 g/mol. The molecule has 0 bridgehead atoms. The van der Waals surface area contributed by atoms with E-state index in [2.05, 4.69) is 250 Å². The molecule has 0 amide bonds. The van der Waals surface area contributed by atoms with Crippen LogP contribution in [0.1, 0.15) is 0 Å². The fourth-order valence-electron chi connectivity index (χ4n) is 10.4. The lowest BCUT2D eigenvalue weighted by atomic mass is 9.95. The molecule has 0 saturated carbocycles. The SMILES string of the molecule is c1ccc(-c2cccc(-c3ccccc3)c2-n2c3ccccc3c3ccc(-c4ccccc4-n4c5ccccc5c5c4ccc4c6ccccc6n(-c6ccccc6)c45)cc32)cc1. The van der Waals surface area contributed by atoms with Gasteiger partial charge in [-0.15, -0.1) is 0 Å². The first-order valence-corrected chi connectivity index (χ1v) is 21.7. The molecule has 63 heavy (non-hydrogen) atoms. The Hall–Kier alpha value is -8.40. The summed E-state index contributed by atoms with van der Waals surface area (Å²) in [6.07, 6.45) is 0. The second-order valence-electron chi connectivity index (χ2n) is 16.4. The van der Waals surface area contributed by atoms with E-state index in [1.807, 2.05) is 0 Å². The Morgan fingerprint density at radius 2 is 0.746 bits per heavy atom. The minimum absolute atomic E-state index is 1.14. The minimum atomic E-state index is 1.14. The Kier molecular flexibility index (Phi) is 7.91. The van der Waals surface area contributed by atoms with Crippen molar-refractivity contribution < 1.29 is 0 Å². The van der Waals surface area contributed by atoms with E-state index in [1.165, 1.54) is 98.9 Å². The Balaban J connectivity index is 1.10. The van der Waals surface area contributed by atoms with E-state index in [1.54, 1.807) is 0 Å². The van der Waals surface area contributed by atoms with Crippen LogP contribution >= 0.6 is 0 Å². The first kappa shape index (κ1) is 35.4. The highest BCUT2D eigenvalue weighted by molar-refractivity contribution is 6.26. The number of aromatic nitrogens is 3. The van der Waals surface area contributed by atoms with Gasteiger partial charge >= 0.3 is 0 Å². The molecule has 10 aromatic carbocycles. The fourth-order valence-corrected chi connectivity index (χ4v) is 10.4. The largest absolute Gasteiger partial charge is 0.309 e. The number of benzene rings is 10. The molecule has 0 radical (unpaired) electrons. The molecule has 0 spiro atoms. The van der Waals surface area contributed by atoms with Gasteiger partial charge in [0.2, 0.25) is 0 Å². The van der Waals surface area contributed by atoms with Crippen LogP contribution < -0.4 is 0 Å². The van der Waals surface area contributed by atoms with Crippen molar-refractivity contribution in [3.63, 3.8) is 0 Å². The highest BCUT2D eigenvalue weighted by Gasteiger charge is 2.24. The zero-order valence-electron chi connectivity index (χ0n) is 34.4. The van der Waals surface area contributed by atoms with E-state index in [4.69, 9.17) is 0 Å². The van der Waals surface area contributed by atoms with Crippen molar-refractivity contribution in [2.24, 2.45) is 0 Å². The summed E-state index contributed by atoms with van der Waals surface area (Å²) in [5.74, 6) is 0. The molecule has 3 heteroatoms. The summed E-state index contributed by atoms with van der Waals surface area (Å²) in [5.41, 5.74) is 17.7. The van der Waals surface area contributed by atoms with Crippen molar-refractivity contribution in [2.45, 2.75) is 0 Å². The molecule has 3 nitrogen and oxygen atoms in total. The van der Waals surface area contributed by atoms with Crippen molar-refractivity contribution >= 4 is 65.4 Å². The Labute approximate surface area is 364 Å². The van der Waals surface area contributed by atoms with Crippen molar-refractivity contribution in [3.8, 4) is 50.4 Å². The zero-order chi connectivity index (χ0) is 41.4. The maximum atomic E-state index is 2.51. The molecule has 0 atom stereocenters. The van der Waals surface area contributed by atoms with Gasteiger partial charge in [-0.1, -0.05) is 188 Å². The summed E-state index contributed by atoms with van der Waals surface area (Å²) in [5, 5.41) is 7.44. The van der Waals surface area contributed by atoms with Crippen LogP contribution in [0.5, 0.6) is 0 Å². The Morgan fingerprint density at radius 1 is 0.254 bits per heavy atom. The van der Waals surface area contributed by atoms with Crippen LogP contribution in [0.3, 0.4) is 0 Å². The van der Waals surface area contributed by atoms with Crippen LogP contribution in [0.2, 0.25) is 0 Å². The van der Waals surface area contributed by atoms with Gasteiger partial charge in [-0.25, -0.2) is 0 Å². The van der Waals surface area contributed by atoms with Gasteiger partial charge in [-0.3, -0.25) is 0 Å². The molecule has 0 fully saturated rings. The summed E-state index contributed by atoms with van der Waals surface area (Å²) in [4.78, 5) is 0. The third kappa shape index (κ3) is 5.33. The van der Waals surface area contributed by atoms with E-state index in [0.29, 0.717) is 0 Å². The van der Waals surface area contributed by atoms with Crippen LogP contribution in [0, 0.1) is 0 Å². The van der Waals surface area contributed by atoms with Crippen LogP contribution in [0.15, 0.2) is 237 Å². The zero-order valence-corrected chi connectivity index (χ0v) is 34.4. The maximum Gasteiger partial charge on any atom is 0.0641 e. The normalized spacial score (nSPS) is 11.8. The lowest BCUT2D eigenvalue weighted by Crippen LogP contribution is -2.01. The third-order valence-electron chi connectivity index (χ3n) is 13.0. The third-order valence-corrected chi connectivity index (χ3v) is 13.0. The fraction of sp³-hybridized carbons (Fsp3) is 0. The van der Waals surface area contributed by atoms with Crippen molar-refractivity contribution in [2.75, 3.05) is 0 Å². The molecule has 294 valence electrons. The minimum Gasteiger partial charge on any atom is -0.309 e. The quantitative estimate of drug-likeness (QED) is 0.159. The number of hydrogen-bond acceptors (Lipinski definition) is 0. The van der Waals surface area contributed by atoms with E-state index in [9.17, 15) is 0 Å². The van der Waals surface area contributed by atoms with Gasteiger partial charge in [-0.05, 0) is 65.2 Å². The summed E-state index contributed by atoms with van der Waals surface area (Å²) < 4.78 is 7.46. The number of nitrogens with zero attached hydrogens (tertiary/aromatic N) is 3. The predicted molar refractivity (Wildman–Crippen MR) is 266 cm³/mol. The first-order chi connectivity index (χ1) is 31.3.